The van der Waals surface area contributed by atoms with Gasteiger partial charge in [-0.2, -0.15) is 0 Å². The van der Waals surface area contributed by atoms with Crippen molar-refractivity contribution in [1.29, 1.82) is 0 Å². The summed E-state index contributed by atoms with van der Waals surface area (Å²) in [6, 6.07) is 7.79. The normalized spacial score (nSPS) is 23.8. The SMILES string of the molecule is CCN1CC[C@]2(c3cccc(O)c3)Cc3[nH]c(C(=O)OCC(C)C)c(C)c3C[C@H]2C1. The van der Waals surface area contributed by atoms with Crippen LogP contribution in [0.2, 0.25) is 0 Å². The van der Waals surface area contributed by atoms with E-state index in [4.69, 9.17) is 4.74 Å². The molecule has 1 aliphatic carbocycles. The first-order valence-electron chi connectivity index (χ1n) is 11.2. The van der Waals surface area contributed by atoms with Crippen molar-refractivity contribution in [1.82, 2.24) is 9.88 Å². The summed E-state index contributed by atoms with van der Waals surface area (Å²) in [5, 5.41) is 10.2. The quantitative estimate of drug-likeness (QED) is 0.725. The van der Waals surface area contributed by atoms with E-state index >= 15 is 0 Å². The Morgan fingerprint density at radius 2 is 2.20 bits per heavy atom. The number of carbonyl (C=O) groups is 1. The van der Waals surface area contributed by atoms with E-state index in [0.717, 1.165) is 50.2 Å². The number of phenolic OH excluding ortho intramolecular Hbond substituents is 1. The van der Waals surface area contributed by atoms with Gasteiger partial charge in [0, 0.05) is 17.7 Å². The molecule has 0 unspecified atom stereocenters. The average molecular weight is 411 g/mol. The summed E-state index contributed by atoms with van der Waals surface area (Å²) in [6.07, 6.45) is 2.87. The Bertz CT molecular complexity index is 932. The molecule has 2 aromatic rings. The molecular weight excluding hydrogens is 376 g/mol. The van der Waals surface area contributed by atoms with E-state index in [1.165, 1.54) is 11.1 Å². The van der Waals surface area contributed by atoms with Gasteiger partial charge in [-0.3, -0.25) is 0 Å². The predicted octanol–water partition coefficient (Wildman–Crippen LogP) is 4.22. The third-order valence-corrected chi connectivity index (χ3v) is 7.16. The standard InChI is InChI=1S/C25H34N2O3/c1-5-27-10-9-25(18-7-6-8-20(28)11-18)13-22-21(12-19(25)14-27)17(4)23(26-22)24(29)30-15-16(2)3/h6-8,11,16,19,26,28H,5,9-10,12-15H2,1-4H3/t19-,25+/m0/s1. The number of rotatable bonds is 5. The lowest BCUT2D eigenvalue weighted by Gasteiger charge is -2.51. The summed E-state index contributed by atoms with van der Waals surface area (Å²) >= 11 is 0. The van der Waals surface area contributed by atoms with Crippen LogP contribution in [0, 0.1) is 18.8 Å². The molecule has 30 heavy (non-hydrogen) atoms. The summed E-state index contributed by atoms with van der Waals surface area (Å²) in [5.74, 6) is 0.843. The van der Waals surface area contributed by atoms with Crippen LogP contribution in [0.1, 0.15) is 60.1 Å². The Labute approximate surface area is 179 Å². The number of hydrogen-bond acceptors (Lipinski definition) is 4. The lowest BCUT2D eigenvalue weighted by molar-refractivity contribution is 0.0451. The second-order valence-electron chi connectivity index (χ2n) is 9.50. The van der Waals surface area contributed by atoms with Gasteiger partial charge in [0.25, 0.3) is 0 Å². The summed E-state index contributed by atoms with van der Waals surface area (Å²) < 4.78 is 5.52. The Kier molecular flexibility index (Phi) is 5.67. The van der Waals surface area contributed by atoms with Crippen LogP contribution >= 0.6 is 0 Å². The first-order chi connectivity index (χ1) is 14.3. The molecule has 2 aliphatic rings. The number of nitrogens with one attached hydrogen (secondary N) is 1. The lowest BCUT2D eigenvalue weighted by atomic mass is 9.58. The van der Waals surface area contributed by atoms with Crippen LogP contribution in [0.25, 0.3) is 0 Å². The van der Waals surface area contributed by atoms with Gasteiger partial charge in [0.1, 0.15) is 11.4 Å². The van der Waals surface area contributed by atoms with Gasteiger partial charge >= 0.3 is 5.97 Å². The number of carbonyl (C=O) groups excluding carboxylic acids is 1. The molecule has 1 aromatic carbocycles. The molecule has 1 aliphatic heterocycles. The van der Waals surface area contributed by atoms with Crippen LogP contribution in [0.15, 0.2) is 24.3 Å². The topological polar surface area (TPSA) is 65.6 Å². The molecule has 4 rings (SSSR count). The highest BCUT2D eigenvalue weighted by Gasteiger charge is 2.48. The van der Waals surface area contributed by atoms with Crippen molar-refractivity contribution in [2.45, 2.75) is 52.4 Å². The van der Waals surface area contributed by atoms with Gasteiger partial charge < -0.3 is 19.7 Å². The van der Waals surface area contributed by atoms with Crippen LogP contribution in [0.5, 0.6) is 5.75 Å². The van der Waals surface area contributed by atoms with Crippen LogP contribution in [0.4, 0.5) is 0 Å². The number of hydrogen-bond donors (Lipinski definition) is 2. The molecule has 2 N–H and O–H groups in total. The highest BCUT2D eigenvalue weighted by atomic mass is 16.5. The molecule has 0 spiro atoms. The first-order valence-corrected chi connectivity index (χ1v) is 11.2. The van der Waals surface area contributed by atoms with Crippen LogP contribution in [0.3, 0.4) is 0 Å². The number of phenols is 1. The maximum absolute atomic E-state index is 12.7. The summed E-state index contributed by atoms with van der Waals surface area (Å²) in [5.41, 5.74) is 5.28. The van der Waals surface area contributed by atoms with Crippen LogP contribution in [-0.4, -0.2) is 47.2 Å². The molecule has 5 nitrogen and oxygen atoms in total. The highest BCUT2D eigenvalue weighted by Crippen LogP contribution is 2.49. The fourth-order valence-corrected chi connectivity index (χ4v) is 5.42. The van der Waals surface area contributed by atoms with E-state index in [2.05, 4.69) is 22.9 Å². The minimum absolute atomic E-state index is 0.0200. The number of H-pyrrole nitrogens is 1. The molecule has 1 fully saturated rings. The van der Waals surface area contributed by atoms with E-state index in [1.54, 1.807) is 6.07 Å². The highest BCUT2D eigenvalue weighted by molar-refractivity contribution is 5.90. The minimum atomic E-state index is -0.250. The molecule has 1 aromatic heterocycles. The second-order valence-corrected chi connectivity index (χ2v) is 9.50. The number of piperidine rings is 1. The molecule has 5 heteroatoms. The van der Waals surface area contributed by atoms with Crippen molar-refractivity contribution in [3.8, 4) is 5.75 Å². The van der Waals surface area contributed by atoms with Crippen molar-refractivity contribution < 1.29 is 14.6 Å². The van der Waals surface area contributed by atoms with Gasteiger partial charge in [-0.05, 0) is 79.9 Å². The Morgan fingerprint density at radius 1 is 1.40 bits per heavy atom. The third kappa shape index (κ3) is 3.64. The third-order valence-electron chi connectivity index (χ3n) is 7.16. The van der Waals surface area contributed by atoms with E-state index < -0.39 is 0 Å². The van der Waals surface area contributed by atoms with Gasteiger partial charge in [0.2, 0.25) is 0 Å². The molecule has 0 amide bonds. The number of likely N-dealkylation sites (tertiary alicyclic amines) is 1. The van der Waals surface area contributed by atoms with Crippen molar-refractivity contribution in [3.63, 3.8) is 0 Å². The van der Waals surface area contributed by atoms with E-state index in [-0.39, 0.29) is 11.4 Å². The summed E-state index contributed by atoms with van der Waals surface area (Å²) in [4.78, 5) is 18.7. The maximum atomic E-state index is 12.7. The number of esters is 1. The van der Waals surface area contributed by atoms with Crippen molar-refractivity contribution in [3.05, 3.63) is 52.3 Å². The van der Waals surface area contributed by atoms with Crippen molar-refractivity contribution in [2.75, 3.05) is 26.2 Å². The van der Waals surface area contributed by atoms with E-state index in [9.17, 15) is 9.90 Å². The number of aromatic hydroxyl groups is 1. The number of aromatic amines is 1. The largest absolute Gasteiger partial charge is 0.508 e. The number of nitrogens with zero attached hydrogens (tertiary/aromatic N) is 1. The van der Waals surface area contributed by atoms with E-state index in [0.29, 0.717) is 29.9 Å². The predicted molar refractivity (Wildman–Crippen MR) is 118 cm³/mol. The number of fused-ring (bicyclic) bond motifs is 2. The lowest BCUT2D eigenvalue weighted by Crippen LogP contribution is -2.53. The Morgan fingerprint density at radius 3 is 2.90 bits per heavy atom. The number of aromatic nitrogens is 1. The molecule has 2 heterocycles. The second kappa shape index (κ2) is 8.10. The fourth-order valence-electron chi connectivity index (χ4n) is 5.42. The molecule has 0 bridgehead atoms. The van der Waals surface area contributed by atoms with Crippen LogP contribution in [-0.2, 0) is 23.0 Å². The minimum Gasteiger partial charge on any atom is -0.508 e. The maximum Gasteiger partial charge on any atom is 0.355 e. The van der Waals surface area contributed by atoms with Gasteiger partial charge in [-0.15, -0.1) is 0 Å². The monoisotopic (exact) mass is 410 g/mol. The smallest absolute Gasteiger partial charge is 0.355 e. The zero-order valence-electron chi connectivity index (χ0n) is 18.6. The zero-order valence-corrected chi connectivity index (χ0v) is 18.6. The molecule has 1 saturated heterocycles. The zero-order chi connectivity index (χ0) is 21.5. The van der Waals surface area contributed by atoms with Gasteiger partial charge in [-0.25, -0.2) is 4.79 Å². The van der Waals surface area contributed by atoms with Crippen molar-refractivity contribution >= 4 is 5.97 Å². The van der Waals surface area contributed by atoms with Crippen molar-refractivity contribution in [2.24, 2.45) is 11.8 Å². The van der Waals surface area contributed by atoms with Gasteiger partial charge in [0.15, 0.2) is 0 Å². The molecule has 0 radical (unpaired) electrons. The average Bonchev–Trinajstić information content (AvgIpc) is 3.05. The summed E-state index contributed by atoms with van der Waals surface area (Å²) in [7, 11) is 0. The molecule has 2 atom stereocenters. The summed E-state index contributed by atoms with van der Waals surface area (Å²) in [6.45, 7) is 11.9. The molecular formula is C25H34N2O3. The molecule has 0 saturated carbocycles. The fraction of sp³-hybridized carbons (Fsp3) is 0.560. The Balaban J connectivity index is 1.72. The van der Waals surface area contributed by atoms with E-state index in [1.807, 2.05) is 32.9 Å². The number of benzene rings is 1. The number of ether oxygens (including phenoxy) is 1. The van der Waals surface area contributed by atoms with Crippen LogP contribution < -0.4 is 0 Å². The molecule has 162 valence electrons. The Hall–Kier alpha value is -2.27. The first kappa shape index (κ1) is 21.0. The van der Waals surface area contributed by atoms with Gasteiger partial charge in [-0.1, -0.05) is 32.9 Å². The van der Waals surface area contributed by atoms with Gasteiger partial charge in [0.05, 0.1) is 6.61 Å².